The molecule has 0 saturated carbocycles. The fraction of sp³-hybridized carbons (Fsp3) is 0.191. The van der Waals surface area contributed by atoms with Crippen LogP contribution in [0.4, 0.5) is 5.69 Å². The number of hydrogen-bond donors (Lipinski definition) is 0. The number of benzene rings is 3. The molecule has 0 radical (unpaired) electrons. The lowest BCUT2D eigenvalue weighted by atomic mass is 9.80. The number of allylic oxidation sites excluding steroid dienone is 13. The third-order valence-corrected chi connectivity index (χ3v) is 9.79. The van der Waals surface area contributed by atoms with Crippen LogP contribution >= 0.6 is 11.8 Å². The highest BCUT2D eigenvalue weighted by Crippen LogP contribution is 2.55. The Morgan fingerprint density at radius 1 is 0.837 bits per heavy atom. The molecule has 3 aromatic carbocycles. The minimum atomic E-state index is -0.211. The van der Waals surface area contributed by atoms with E-state index in [2.05, 4.69) is 162 Å². The average molecular weight is 664 g/mol. The van der Waals surface area contributed by atoms with Crippen molar-refractivity contribution in [3.05, 3.63) is 198 Å². The minimum Gasteiger partial charge on any atom is -0.317 e. The SMILES string of the molecule is C=C/C=C(\C=C)c1ccc(N(/C=C\C2=C(C=C)C(C)(C)C3=C2Sc2ccccc2C(=C)/C=C\3)/C(=C/C)c2ccccc2C)cc1.CC.CC. The second-order valence-electron chi connectivity index (χ2n) is 11.6. The first-order valence-electron chi connectivity index (χ1n) is 17.3. The van der Waals surface area contributed by atoms with E-state index in [-0.39, 0.29) is 5.41 Å². The number of rotatable bonds is 9. The van der Waals surface area contributed by atoms with Crippen molar-refractivity contribution in [3.8, 4) is 0 Å². The molecule has 0 bridgehead atoms. The van der Waals surface area contributed by atoms with Crippen LogP contribution < -0.4 is 4.90 Å². The van der Waals surface area contributed by atoms with Crippen molar-refractivity contribution in [1.82, 2.24) is 0 Å². The highest BCUT2D eigenvalue weighted by Gasteiger charge is 2.37. The Hall–Kier alpha value is -4.79. The van der Waals surface area contributed by atoms with E-state index in [9.17, 15) is 0 Å². The largest absolute Gasteiger partial charge is 0.317 e. The van der Waals surface area contributed by atoms with Crippen molar-refractivity contribution in [2.45, 2.75) is 60.3 Å². The summed E-state index contributed by atoms with van der Waals surface area (Å²) in [4.78, 5) is 4.74. The van der Waals surface area contributed by atoms with Crippen LogP contribution in [-0.4, -0.2) is 0 Å². The van der Waals surface area contributed by atoms with Crippen LogP contribution in [0.3, 0.4) is 0 Å². The monoisotopic (exact) mass is 663 g/mol. The summed E-state index contributed by atoms with van der Waals surface area (Å²) < 4.78 is 0. The first-order chi connectivity index (χ1) is 23.7. The number of aryl methyl sites for hydroxylation is 1. The van der Waals surface area contributed by atoms with E-state index in [0.717, 1.165) is 28.1 Å². The predicted octanol–water partition coefficient (Wildman–Crippen LogP) is 14.3. The quantitative estimate of drug-likeness (QED) is 0.210. The standard InChI is InChI=1S/C43H41NS.2C2H6/c1-9-17-32(10-2)33-23-25-34(26-24-33)44(40(12-4)35-19-14-13-18-30(35)5)29-28-37-38(11-3)43(7,8)39-27-22-31(6)36-20-15-16-21-41(36)45-42(37)39;2*1-2/h9-29H,1-3,6H2,4-5,7-8H3;2*1-2H3/b27-22-,29-28-,32-17+,40-12+;;. The van der Waals surface area contributed by atoms with Crippen LogP contribution in [0.25, 0.3) is 16.8 Å². The van der Waals surface area contributed by atoms with Gasteiger partial charge in [-0.1, -0.05) is 177 Å². The van der Waals surface area contributed by atoms with Gasteiger partial charge in [0.25, 0.3) is 0 Å². The van der Waals surface area contributed by atoms with Gasteiger partial charge >= 0.3 is 0 Å². The summed E-state index contributed by atoms with van der Waals surface area (Å²) in [6.45, 7) is 33.4. The van der Waals surface area contributed by atoms with Crippen molar-refractivity contribution in [1.29, 1.82) is 0 Å². The Kier molecular flexibility index (Phi) is 14.3. The molecular formula is C47H53NS. The Labute approximate surface area is 301 Å². The average Bonchev–Trinajstić information content (AvgIpc) is 3.32. The maximum absolute atomic E-state index is 4.37. The maximum Gasteiger partial charge on any atom is 0.0487 e. The molecule has 0 fully saturated rings. The van der Waals surface area contributed by atoms with E-state index >= 15 is 0 Å². The summed E-state index contributed by atoms with van der Waals surface area (Å²) in [5.41, 5.74) is 12.4. The summed E-state index contributed by atoms with van der Waals surface area (Å²) in [6.07, 6.45) is 18.7. The van der Waals surface area contributed by atoms with Crippen LogP contribution in [0.2, 0.25) is 0 Å². The zero-order valence-electron chi connectivity index (χ0n) is 30.8. The van der Waals surface area contributed by atoms with E-state index in [0.29, 0.717) is 0 Å². The molecule has 1 aliphatic heterocycles. The Bertz CT molecular complexity index is 1860. The summed E-state index contributed by atoms with van der Waals surface area (Å²) in [7, 11) is 0. The lowest BCUT2D eigenvalue weighted by Gasteiger charge is -2.26. The minimum absolute atomic E-state index is 0.211. The molecular weight excluding hydrogens is 611 g/mol. The van der Waals surface area contributed by atoms with E-state index in [1.807, 2.05) is 57.7 Å². The van der Waals surface area contributed by atoms with Crippen LogP contribution in [-0.2, 0) is 0 Å². The predicted molar refractivity (Wildman–Crippen MR) is 222 cm³/mol. The summed E-state index contributed by atoms with van der Waals surface area (Å²) in [6, 6.07) is 25.7. The van der Waals surface area contributed by atoms with Gasteiger partial charge in [-0.2, -0.15) is 0 Å². The highest BCUT2D eigenvalue weighted by atomic mass is 32.2. The van der Waals surface area contributed by atoms with Crippen molar-refractivity contribution >= 4 is 34.3 Å². The molecule has 0 aromatic heterocycles. The highest BCUT2D eigenvalue weighted by molar-refractivity contribution is 8.03. The molecule has 1 aliphatic carbocycles. The number of fused-ring (bicyclic) bond motifs is 1. The fourth-order valence-corrected chi connectivity index (χ4v) is 7.52. The third kappa shape index (κ3) is 8.27. The van der Waals surface area contributed by atoms with E-state index < -0.39 is 0 Å². The Morgan fingerprint density at radius 3 is 2.10 bits per heavy atom. The second-order valence-corrected chi connectivity index (χ2v) is 12.7. The summed E-state index contributed by atoms with van der Waals surface area (Å²) in [5, 5.41) is 0. The van der Waals surface area contributed by atoms with Crippen LogP contribution in [0, 0.1) is 12.3 Å². The van der Waals surface area contributed by atoms with Gasteiger partial charge in [0, 0.05) is 38.4 Å². The summed E-state index contributed by atoms with van der Waals surface area (Å²) >= 11 is 1.82. The molecule has 0 unspecified atom stereocenters. The first kappa shape index (κ1) is 38.7. The molecule has 1 nitrogen and oxygen atoms in total. The van der Waals surface area contributed by atoms with E-state index in [4.69, 9.17) is 0 Å². The first-order valence-corrected chi connectivity index (χ1v) is 18.1. The fourth-order valence-electron chi connectivity index (χ4n) is 6.12. The molecule has 0 saturated heterocycles. The molecule has 0 spiro atoms. The molecule has 49 heavy (non-hydrogen) atoms. The zero-order valence-corrected chi connectivity index (χ0v) is 31.6. The van der Waals surface area contributed by atoms with Gasteiger partial charge < -0.3 is 4.90 Å². The van der Waals surface area contributed by atoms with Gasteiger partial charge in [0.05, 0.1) is 0 Å². The van der Waals surface area contributed by atoms with Gasteiger partial charge in [-0.25, -0.2) is 0 Å². The normalized spacial score (nSPS) is 15.9. The van der Waals surface area contributed by atoms with Gasteiger partial charge in [-0.3, -0.25) is 0 Å². The maximum atomic E-state index is 4.37. The lowest BCUT2D eigenvalue weighted by molar-refractivity contribution is 0.577. The van der Waals surface area contributed by atoms with E-state index in [1.54, 1.807) is 6.08 Å². The van der Waals surface area contributed by atoms with Gasteiger partial charge in [0.1, 0.15) is 0 Å². The molecule has 0 atom stereocenters. The van der Waals surface area contributed by atoms with Crippen LogP contribution in [0.15, 0.2) is 180 Å². The molecule has 2 heteroatoms. The Morgan fingerprint density at radius 2 is 1.49 bits per heavy atom. The van der Waals surface area contributed by atoms with Gasteiger partial charge in [0.15, 0.2) is 0 Å². The zero-order chi connectivity index (χ0) is 36.1. The van der Waals surface area contributed by atoms with Crippen LogP contribution in [0.5, 0.6) is 0 Å². The second kappa shape index (κ2) is 18.1. The van der Waals surface area contributed by atoms with Crippen molar-refractivity contribution in [2.24, 2.45) is 5.41 Å². The van der Waals surface area contributed by atoms with Crippen molar-refractivity contribution in [2.75, 3.05) is 4.90 Å². The lowest BCUT2D eigenvalue weighted by Crippen LogP contribution is -2.15. The van der Waals surface area contributed by atoms with Gasteiger partial charge in [-0.05, 0) is 82.7 Å². The molecule has 252 valence electrons. The van der Waals surface area contributed by atoms with Gasteiger partial charge in [0.2, 0.25) is 0 Å². The number of hydrogen-bond acceptors (Lipinski definition) is 2. The van der Waals surface area contributed by atoms with E-state index in [1.165, 1.54) is 43.2 Å². The molecule has 5 rings (SSSR count). The topological polar surface area (TPSA) is 3.24 Å². The van der Waals surface area contributed by atoms with Crippen molar-refractivity contribution < 1.29 is 0 Å². The van der Waals surface area contributed by atoms with Crippen LogP contribution in [0.1, 0.15) is 70.7 Å². The number of nitrogens with zero attached hydrogens (tertiary/aromatic N) is 1. The molecule has 1 heterocycles. The Balaban J connectivity index is 0.00000157. The number of anilines is 1. The molecule has 0 amide bonds. The number of thioether (sulfide) groups is 1. The van der Waals surface area contributed by atoms with Gasteiger partial charge in [-0.15, -0.1) is 0 Å². The molecule has 2 aliphatic rings. The molecule has 3 aromatic rings. The smallest absolute Gasteiger partial charge is 0.0487 e. The third-order valence-electron chi connectivity index (χ3n) is 8.57. The molecule has 0 N–H and O–H groups in total. The van der Waals surface area contributed by atoms with Crippen molar-refractivity contribution in [3.63, 3.8) is 0 Å². The summed E-state index contributed by atoms with van der Waals surface area (Å²) in [5.74, 6) is 0.